The Hall–Kier alpha value is -2.67. The molecule has 3 rings (SSSR count). The SMILES string of the molecule is COC(=O)c1c(NC(=O)C2Cc3ccccc3C(=O)O2)sc(C)c1C. The standard InChI is InChI=1S/C18H17NO5S/c1-9-10(2)25-16(14(9)18(22)23-3)19-15(20)13-8-11-6-4-5-7-12(11)17(21)24-13/h4-7,13H,8H2,1-3H3,(H,19,20). The average Bonchev–Trinajstić information content (AvgIpc) is 2.88. The Balaban J connectivity index is 1.84. The summed E-state index contributed by atoms with van der Waals surface area (Å²) in [6.45, 7) is 3.66. The first-order valence-electron chi connectivity index (χ1n) is 7.70. The van der Waals surface area contributed by atoms with E-state index in [1.165, 1.54) is 18.4 Å². The Morgan fingerprint density at radius 2 is 2.00 bits per heavy atom. The summed E-state index contributed by atoms with van der Waals surface area (Å²) in [6.07, 6.45) is -0.638. The summed E-state index contributed by atoms with van der Waals surface area (Å²) in [5, 5.41) is 3.11. The molecule has 0 saturated carbocycles. The van der Waals surface area contributed by atoms with Gasteiger partial charge in [-0.2, -0.15) is 0 Å². The zero-order valence-corrected chi connectivity index (χ0v) is 14.9. The van der Waals surface area contributed by atoms with Crippen molar-refractivity contribution in [2.24, 2.45) is 0 Å². The number of carbonyl (C=O) groups is 3. The van der Waals surface area contributed by atoms with E-state index in [1.54, 1.807) is 25.1 Å². The lowest BCUT2D eigenvalue weighted by molar-refractivity contribution is -0.125. The highest BCUT2D eigenvalue weighted by Crippen LogP contribution is 2.33. The van der Waals surface area contributed by atoms with E-state index < -0.39 is 23.9 Å². The number of ether oxygens (including phenoxy) is 2. The number of fused-ring (bicyclic) bond motifs is 1. The number of benzene rings is 1. The maximum absolute atomic E-state index is 12.6. The van der Waals surface area contributed by atoms with Crippen LogP contribution in [0.3, 0.4) is 0 Å². The van der Waals surface area contributed by atoms with Crippen LogP contribution in [0.15, 0.2) is 24.3 Å². The molecule has 0 radical (unpaired) electrons. The van der Waals surface area contributed by atoms with E-state index >= 15 is 0 Å². The smallest absolute Gasteiger partial charge is 0.341 e. The van der Waals surface area contributed by atoms with Crippen molar-refractivity contribution in [3.05, 3.63) is 51.4 Å². The van der Waals surface area contributed by atoms with Crippen LogP contribution in [0.2, 0.25) is 0 Å². The van der Waals surface area contributed by atoms with Crippen molar-refractivity contribution in [1.29, 1.82) is 0 Å². The van der Waals surface area contributed by atoms with Gasteiger partial charge in [-0.05, 0) is 31.0 Å². The van der Waals surface area contributed by atoms with Gasteiger partial charge >= 0.3 is 11.9 Å². The van der Waals surface area contributed by atoms with E-state index in [1.807, 2.05) is 13.0 Å². The van der Waals surface area contributed by atoms with Gasteiger partial charge in [0, 0.05) is 11.3 Å². The second-order valence-corrected chi connectivity index (χ2v) is 6.95. The molecule has 7 heteroatoms. The van der Waals surface area contributed by atoms with Crippen molar-refractivity contribution in [3.63, 3.8) is 0 Å². The summed E-state index contributed by atoms with van der Waals surface area (Å²) < 4.78 is 10.0. The van der Waals surface area contributed by atoms with Crippen LogP contribution < -0.4 is 5.32 Å². The third-order valence-corrected chi connectivity index (χ3v) is 5.32. The molecular weight excluding hydrogens is 342 g/mol. The largest absolute Gasteiger partial charge is 0.465 e. The number of hydrogen-bond acceptors (Lipinski definition) is 6. The van der Waals surface area contributed by atoms with Crippen molar-refractivity contribution >= 4 is 34.2 Å². The molecule has 0 bridgehead atoms. The third kappa shape index (κ3) is 3.15. The van der Waals surface area contributed by atoms with Crippen LogP contribution in [0, 0.1) is 13.8 Å². The molecule has 1 N–H and O–H groups in total. The first-order chi connectivity index (χ1) is 11.9. The number of methoxy groups -OCH3 is 1. The summed E-state index contributed by atoms with van der Waals surface area (Å²) in [4.78, 5) is 37.5. The Labute approximate surface area is 148 Å². The summed E-state index contributed by atoms with van der Waals surface area (Å²) in [7, 11) is 1.29. The molecule has 130 valence electrons. The van der Waals surface area contributed by atoms with Gasteiger partial charge in [-0.15, -0.1) is 11.3 Å². The van der Waals surface area contributed by atoms with Gasteiger partial charge in [-0.25, -0.2) is 9.59 Å². The van der Waals surface area contributed by atoms with E-state index in [4.69, 9.17) is 9.47 Å². The number of hydrogen-bond donors (Lipinski definition) is 1. The molecule has 0 saturated heterocycles. The van der Waals surface area contributed by atoms with Crippen LogP contribution in [0.5, 0.6) is 0 Å². The van der Waals surface area contributed by atoms with Gasteiger partial charge in [-0.3, -0.25) is 4.79 Å². The van der Waals surface area contributed by atoms with Gasteiger partial charge in [-0.1, -0.05) is 18.2 Å². The molecule has 0 spiro atoms. The average molecular weight is 359 g/mol. The molecule has 0 aliphatic carbocycles. The number of amides is 1. The van der Waals surface area contributed by atoms with Crippen LogP contribution in [0.4, 0.5) is 5.00 Å². The van der Waals surface area contributed by atoms with Crippen molar-refractivity contribution < 1.29 is 23.9 Å². The molecule has 1 aromatic heterocycles. The molecule has 2 heterocycles. The summed E-state index contributed by atoms with van der Waals surface area (Å²) in [6, 6.07) is 7.04. The third-order valence-electron chi connectivity index (χ3n) is 4.20. The van der Waals surface area contributed by atoms with Crippen molar-refractivity contribution in [2.75, 3.05) is 12.4 Å². The van der Waals surface area contributed by atoms with Gasteiger partial charge in [0.05, 0.1) is 18.2 Å². The fourth-order valence-electron chi connectivity index (χ4n) is 2.73. The van der Waals surface area contributed by atoms with Gasteiger partial charge in [0.1, 0.15) is 5.00 Å². The Kier molecular flexibility index (Phi) is 4.59. The van der Waals surface area contributed by atoms with Crippen LogP contribution in [-0.2, 0) is 20.7 Å². The summed E-state index contributed by atoms with van der Waals surface area (Å²) >= 11 is 1.29. The van der Waals surface area contributed by atoms with E-state index in [0.717, 1.165) is 16.0 Å². The Morgan fingerprint density at radius 1 is 1.28 bits per heavy atom. The normalized spacial score (nSPS) is 16.0. The second-order valence-electron chi connectivity index (χ2n) is 5.72. The topological polar surface area (TPSA) is 81.7 Å². The van der Waals surface area contributed by atoms with Crippen LogP contribution in [0.1, 0.15) is 36.7 Å². The Bertz CT molecular complexity index is 870. The zero-order chi connectivity index (χ0) is 18.1. The lowest BCUT2D eigenvalue weighted by atomic mass is 9.98. The van der Waals surface area contributed by atoms with E-state index in [0.29, 0.717) is 22.5 Å². The molecule has 1 atom stereocenters. The van der Waals surface area contributed by atoms with Gasteiger partial charge < -0.3 is 14.8 Å². The first-order valence-corrected chi connectivity index (χ1v) is 8.52. The van der Waals surface area contributed by atoms with E-state index in [-0.39, 0.29) is 0 Å². The predicted molar refractivity (Wildman–Crippen MR) is 93.1 cm³/mol. The highest BCUT2D eigenvalue weighted by atomic mass is 32.1. The minimum Gasteiger partial charge on any atom is -0.465 e. The number of rotatable bonds is 3. The lowest BCUT2D eigenvalue weighted by Gasteiger charge is -2.23. The molecule has 1 aliphatic heterocycles. The molecule has 1 unspecified atom stereocenters. The number of nitrogens with one attached hydrogen (secondary N) is 1. The molecule has 1 aromatic carbocycles. The monoisotopic (exact) mass is 359 g/mol. The van der Waals surface area contributed by atoms with Crippen LogP contribution in [-0.4, -0.2) is 31.1 Å². The van der Waals surface area contributed by atoms with Gasteiger partial charge in [0.2, 0.25) is 0 Å². The first kappa shape index (κ1) is 17.2. The van der Waals surface area contributed by atoms with Crippen molar-refractivity contribution in [3.8, 4) is 0 Å². The number of aryl methyl sites for hydroxylation is 1. The minimum absolute atomic E-state index is 0.296. The van der Waals surface area contributed by atoms with Crippen LogP contribution >= 0.6 is 11.3 Å². The second kappa shape index (κ2) is 6.68. The molecular formula is C18H17NO5S. The number of anilines is 1. The number of esters is 2. The molecule has 2 aromatic rings. The summed E-state index contributed by atoms with van der Waals surface area (Å²) in [5.74, 6) is -1.49. The number of thiophene rings is 1. The fourth-order valence-corrected chi connectivity index (χ4v) is 3.78. The number of carbonyl (C=O) groups excluding carboxylic acids is 3. The lowest BCUT2D eigenvalue weighted by Crippen LogP contribution is -2.38. The summed E-state index contributed by atoms with van der Waals surface area (Å²) in [5.41, 5.74) is 2.34. The van der Waals surface area contributed by atoms with Gasteiger partial charge in [0.15, 0.2) is 6.10 Å². The molecule has 6 nitrogen and oxygen atoms in total. The van der Waals surface area contributed by atoms with Crippen molar-refractivity contribution in [2.45, 2.75) is 26.4 Å². The molecule has 1 amide bonds. The quantitative estimate of drug-likeness (QED) is 0.852. The maximum atomic E-state index is 12.6. The molecule has 0 fully saturated rings. The fraction of sp³-hybridized carbons (Fsp3) is 0.278. The zero-order valence-electron chi connectivity index (χ0n) is 14.0. The van der Waals surface area contributed by atoms with E-state index in [9.17, 15) is 14.4 Å². The van der Waals surface area contributed by atoms with E-state index in [2.05, 4.69) is 5.32 Å². The predicted octanol–water partition coefficient (Wildman–Crippen LogP) is 2.87. The van der Waals surface area contributed by atoms with Crippen LogP contribution in [0.25, 0.3) is 0 Å². The Morgan fingerprint density at radius 3 is 2.72 bits per heavy atom. The minimum atomic E-state index is -0.935. The highest BCUT2D eigenvalue weighted by Gasteiger charge is 2.32. The van der Waals surface area contributed by atoms with Gasteiger partial charge in [0.25, 0.3) is 5.91 Å². The highest BCUT2D eigenvalue weighted by molar-refractivity contribution is 7.16. The number of cyclic esters (lactones) is 1. The molecule has 25 heavy (non-hydrogen) atoms. The van der Waals surface area contributed by atoms with Crippen molar-refractivity contribution in [1.82, 2.24) is 0 Å². The molecule has 1 aliphatic rings. The maximum Gasteiger partial charge on any atom is 0.341 e.